The number of allylic oxidation sites excluding steroid dienone is 7. The van der Waals surface area contributed by atoms with E-state index < -0.39 is 0 Å². The SMILES string of the molecule is CCOC(=O)/C=C(C)/C=C/C=C/CCC1=C(C)CCCC1(C)C. The van der Waals surface area contributed by atoms with Crippen molar-refractivity contribution in [3.8, 4) is 0 Å². The molecule has 0 spiro atoms. The third-order valence-electron chi connectivity index (χ3n) is 4.49. The van der Waals surface area contributed by atoms with Crippen molar-refractivity contribution in [2.45, 2.75) is 66.7 Å². The Morgan fingerprint density at radius 2 is 2.04 bits per heavy atom. The van der Waals surface area contributed by atoms with E-state index in [9.17, 15) is 4.79 Å². The van der Waals surface area contributed by atoms with Crippen LogP contribution in [0.3, 0.4) is 0 Å². The number of hydrogen-bond donors (Lipinski definition) is 0. The summed E-state index contributed by atoms with van der Waals surface area (Å²) < 4.78 is 4.88. The first-order chi connectivity index (χ1) is 10.9. The summed E-state index contributed by atoms with van der Waals surface area (Å²) in [6.07, 6.45) is 15.8. The summed E-state index contributed by atoms with van der Waals surface area (Å²) in [4.78, 5) is 11.3. The van der Waals surface area contributed by atoms with Crippen LogP contribution in [0, 0.1) is 5.41 Å². The van der Waals surface area contributed by atoms with Crippen molar-refractivity contribution in [3.63, 3.8) is 0 Å². The van der Waals surface area contributed by atoms with Crippen LogP contribution in [0.1, 0.15) is 66.7 Å². The van der Waals surface area contributed by atoms with Crippen molar-refractivity contribution < 1.29 is 9.53 Å². The molecule has 0 saturated carbocycles. The van der Waals surface area contributed by atoms with E-state index in [1.165, 1.54) is 25.3 Å². The van der Waals surface area contributed by atoms with Gasteiger partial charge in [-0.2, -0.15) is 0 Å². The molecule has 0 saturated heterocycles. The monoisotopic (exact) mass is 316 g/mol. The van der Waals surface area contributed by atoms with E-state index in [2.05, 4.69) is 32.9 Å². The van der Waals surface area contributed by atoms with Crippen LogP contribution in [0.15, 0.2) is 47.1 Å². The zero-order valence-corrected chi connectivity index (χ0v) is 15.4. The van der Waals surface area contributed by atoms with E-state index in [0.717, 1.165) is 18.4 Å². The maximum Gasteiger partial charge on any atom is 0.330 e. The second-order valence-corrected chi connectivity index (χ2v) is 6.96. The van der Waals surface area contributed by atoms with Gasteiger partial charge in [0.15, 0.2) is 0 Å². The van der Waals surface area contributed by atoms with E-state index in [4.69, 9.17) is 4.74 Å². The van der Waals surface area contributed by atoms with Crippen molar-refractivity contribution in [1.82, 2.24) is 0 Å². The van der Waals surface area contributed by atoms with Gasteiger partial charge in [-0.25, -0.2) is 4.79 Å². The summed E-state index contributed by atoms with van der Waals surface area (Å²) in [5.41, 5.74) is 4.51. The maximum atomic E-state index is 11.3. The molecule has 1 rings (SSSR count). The molecule has 0 bridgehead atoms. The summed E-state index contributed by atoms with van der Waals surface area (Å²) >= 11 is 0. The van der Waals surface area contributed by atoms with E-state index in [1.54, 1.807) is 11.1 Å². The van der Waals surface area contributed by atoms with E-state index >= 15 is 0 Å². The average Bonchev–Trinajstić information content (AvgIpc) is 2.44. The van der Waals surface area contributed by atoms with Gasteiger partial charge in [0.05, 0.1) is 6.61 Å². The maximum absolute atomic E-state index is 11.3. The highest BCUT2D eigenvalue weighted by molar-refractivity contribution is 5.83. The molecular weight excluding hydrogens is 284 g/mol. The summed E-state index contributed by atoms with van der Waals surface area (Å²) in [5.74, 6) is -0.277. The van der Waals surface area contributed by atoms with Crippen LogP contribution in [0.25, 0.3) is 0 Å². The van der Waals surface area contributed by atoms with E-state index in [1.807, 2.05) is 26.0 Å². The zero-order chi connectivity index (χ0) is 17.3. The van der Waals surface area contributed by atoms with Crippen molar-refractivity contribution in [3.05, 3.63) is 47.1 Å². The molecule has 1 aliphatic rings. The first kappa shape index (κ1) is 19.5. The van der Waals surface area contributed by atoms with Gasteiger partial charge in [-0.05, 0) is 63.9 Å². The molecule has 0 unspecified atom stereocenters. The lowest BCUT2D eigenvalue weighted by Crippen LogP contribution is -2.20. The predicted octanol–water partition coefficient (Wildman–Crippen LogP) is 5.92. The van der Waals surface area contributed by atoms with Crippen molar-refractivity contribution >= 4 is 5.97 Å². The van der Waals surface area contributed by atoms with Crippen molar-refractivity contribution in [2.24, 2.45) is 5.41 Å². The first-order valence-corrected chi connectivity index (χ1v) is 8.74. The van der Waals surface area contributed by atoms with Crippen LogP contribution in [-0.4, -0.2) is 12.6 Å². The quantitative estimate of drug-likeness (QED) is 0.252. The largest absolute Gasteiger partial charge is 0.463 e. The number of ether oxygens (including phenoxy) is 1. The highest BCUT2D eigenvalue weighted by Gasteiger charge is 2.27. The summed E-state index contributed by atoms with van der Waals surface area (Å²) in [6.45, 7) is 11.2. The Balaban J connectivity index is 2.45. The molecule has 0 fully saturated rings. The van der Waals surface area contributed by atoms with Crippen LogP contribution in [0.5, 0.6) is 0 Å². The predicted molar refractivity (Wildman–Crippen MR) is 98.2 cm³/mol. The van der Waals surface area contributed by atoms with Crippen LogP contribution in [0.4, 0.5) is 0 Å². The molecule has 2 nitrogen and oxygen atoms in total. The lowest BCUT2D eigenvalue weighted by atomic mass is 9.71. The molecule has 0 aromatic carbocycles. The number of hydrogen-bond acceptors (Lipinski definition) is 2. The summed E-state index contributed by atoms with van der Waals surface area (Å²) in [6, 6.07) is 0. The molecule has 0 aliphatic heterocycles. The second-order valence-electron chi connectivity index (χ2n) is 6.96. The minimum Gasteiger partial charge on any atom is -0.463 e. The van der Waals surface area contributed by atoms with E-state index in [0.29, 0.717) is 12.0 Å². The van der Waals surface area contributed by atoms with Gasteiger partial charge in [-0.1, -0.05) is 49.3 Å². The summed E-state index contributed by atoms with van der Waals surface area (Å²) in [5, 5.41) is 0. The number of carbonyl (C=O) groups excluding carboxylic acids is 1. The second kappa shape index (κ2) is 9.54. The molecule has 23 heavy (non-hydrogen) atoms. The lowest BCUT2D eigenvalue weighted by molar-refractivity contribution is -0.137. The third kappa shape index (κ3) is 7.02. The number of carbonyl (C=O) groups is 1. The highest BCUT2D eigenvalue weighted by Crippen LogP contribution is 2.42. The molecule has 0 N–H and O–H groups in total. The van der Waals surface area contributed by atoms with Crippen LogP contribution >= 0.6 is 0 Å². The summed E-state index contributed by atoms with van der Waals surface area (Å²) in [7, 11) is 0. The van der Waals surface area contributed by atoms with Gasteiger partial charge in [0.1, 0.15) is 0 Å². The Morgan fingerprint density at radius 1 is 1.30 bits per heavy atom. The van der Waals surface area contributed by atoms with Crippen LogP contribution < -0.4 is 0 Å². The molecule has 0 radical (unpaired) electrons. The molecule has 2 heteroatoms. The van der Waals surface area contributed by atoms with Crippen molar-refractivity contribution in [1.29, 1.82) is 0 Å². The fourth-order valence-corrected chi connectivity index (χ4v) is 3.25. The van der Waals surface area contributed by atoms with Gasteiger partial charge >= 0.3 is 5.97 Å². The smallest absolute Gasteiger partial charge is 0.330 e. The molecule has 0 amide bonds. The van der Waals surface area contributed by atoms with Gasteiger partial charge < -0.3 is 4.74 Å². The third-order valence-corrected chi connectivity index (χ3v) is 4.49. The van der Waals surface area contributed by atoms with Gasteiger partial charge in [0.2, 0.25) is 0 Å². The fourth-order valence-electron chi connectivity index (χ4n) is 3.25. The van der Waals surface area contributed by atoms with Gasteiger partial charge in [-0.15, -0.1) is 0 Å². The molecule has 1 aliphatic carbocycles. The standard InChI is InChI=1S/C21H32O2/c1-6-23-20(22)16-17(2)12-9-7-8-10-14-19-18(3)13-11-15-21(19,4)5/h7-9,12,16H,6,10-11,13-15H2,1-5H3/b8-7+,12-9+,17-16+. The minimum atomic E-state index is -0.277. The van der Waals surface area contributed by atoms with Crippen molar-refractivity contribution in [2.75, 3.05) is 6.61 Å². The Bertz CT molecular complexity index is 516. The topological polar surface area (TPSA) is 26.3 Å². The minimum absolute atomic E-state index is 0.277. The Labute approximate surface area is 142 Å². The molecule has 128 valence electrons. The first-order valence-electron chi connectivity index (χ1n) is 8.74. The molecular formula is C21H32O2. The highest BCUT2D eigenvalue weighted by atomic mass is 16.5. The normalized spacial score (nSPS) is 18.9. The Morgan fingerprint density at radius 3 is 2.70 bits per heavy atom. The molecule has 0 aromatic rings. The fraction of sp³-hybridized carbons (Fsp3) is 0.571. The molecule has 0 aromatic heterocycles. The number of rotatable bonds is 7. The van der Waals surface area contributed by atoms with Crippen LogP contribution in [-0.2, 0) is 9.53 Å². The van der Waals surface area contributed by atoms with Crippen LogP contribution in [0.2, 0.25) is 0 Å². The van der Waals surface area contributed by atoms with Gasteiger partial charge in [0, 0.05) is 6.08 Å². The Hall–Kier alpha value is -1.57. The molecule has 0 atom stereocenters. The molecule has 0 heterocycles. The lowest BCUT2D eigenvalue weighted by Gasteiger charge is -2.34. The zero-order valence-electron chi connectivity index (χ0n) is 15.4. The average molecular weight is 316 g/mol. The van der Waals surface area contributed by atoms with Gasteiger partial charge in [-0.3, -0.25) is 0 Å². The Kier molecular flexibility index (Phi) is 8.08. The van der Waals surface area contributed by atoms with E-state index in [-0.39, 0.29) is 5.97 Å². The number of esters is 1. The van der Waals surface area contributed by atoms with Gasteiger partial charge in [0.25, 0.3) is 0 Å².